The molecule has 14 heteroatoms. The summed E-state index contributed by atoms with van der Waals surface area (Å²) in [6, 6.07) is 15.1. The number of ether oxygens (including phenoxy) is 2. The Kier molecular flexibility index (Phi) is 9.21. The zero-order chi connectivity index (χ0) is 32.1. The summed E-state index contributed by atoms with van der Waals surface area (Å²) in [5.74, 6) is -5.35. The highest BCUT2D eigenvalue weighted by Crippen LogP contribution is 2.36. The summed E-state index contributed by atoms with van der Waals surface area (Å²) in [5.41, 5.74) is 3.54. The van der Waals surface area contributed by atoms with Crippen LogP contribution in [0.4, 0.5) is 34.8 Å². The summed E-state index contributed by atoms with van der Waals surface area (Å²) < 4.78 is 65.7. The molecule has 230 valence electrons. The highest BCUT2D eigenvalue weighted by Gasteiger charge is 2.52. The van der Waals surface area contributed by atoms with Crippen molar-refractivity contribution in [3.8, 4) is 5.75 Å². The van der Waals surface area contributed by atoms with E-state index in [0.29, 0.717) is 22.0 Å². The van der Waals surface area contributed by atoms with Crippen LogP contribution in [0.15, 0.2) is 72.9 Å². The Morgan fingerprint density at radius 3 is 2.45 bits per heavy atom. The molecule has 1 atom stereocenters. The number of nitrogens with zero attached hydrogens (tertiary/aromatic N) is 1. The van der Waals surface area contributed by atoms with Gasteiger partial charge in [0, 0.05) is 42.0 Å². The Hall–Kier alpha value is -5.40. The van der Waals surface area contributed by atoms with Crippen LogP contribution in [0.2, 0.25) is 0 Å². The molecule has 0 fully saturated rings. The molecule has 4 aromatic rings. The number of nitrogens with two attached hydrogens (primary N) is 1. The number of carbonyl (C=O) groups is 3. The van der Waals surface area contributed by atoms with E-state index in [2.05, 4.69) is 20.9 Å². The topological polar surface area (TPSA) is 145 Å². The van der Waals surface area contributed by atoms with Crippen molar-refractivity contribution in [2.24, 2.45) is 0 Å². The molecule has 0 aliphatic heterocycles. The van der Waals surface area contributed by atoms with E-state index in [9.17, 15) is 31.9 Å². The van der Waals surface area contributed by atoms with Crippen LogP contribution < -0.4 is 26.4 Å². The highest BCUT2D eigenvalue weighted by atomic mass is 19.4. The molecule has 0 radical (unpaired) electrons. The number of aromatic nitrogens is 1. The van der Waals surface area contributed by atoms with Gasteiger partial charge in [-0.25, -0.2) is 14.2 Å². The molecule has 1 aromatic heterocycles. The number of nitrogens with one attached hydrogen (secondary N) is 3. The molecule has 0 aliphatic rings. The van der Waals surface area contributed by atoms with Gasteiger partial charge < -0.3 is 31.2 Å². The fourth-order valence-electron chi connectivity index (χ4n) is 4.33. The number of esters is 1. The second kappa shape index (κ2) is 12.9. The number of carbonyl (C=O) groups excluding carboxylic acids is 3. The third-order valence-electron chi connectivity index (χ3n) is 6.25. The van der Waals surface area contributed by atoms with Crippen molar-refractivity contribution in [2.45, 2.75) is 32.3 Å². The van der Waals surface area contributed by atoms with Crippen molar-refractivity contribution in [2.75, 3.05) is 23.0 Å². The number of hydrogen-bond donors (Lipinski definition) is 4. The van der Waals surface area contributed by atoms with E-state index in [-0.39, 0.29) is 36.1 Å². The fourth-order valence-corrected chi connectivity index (χ4v) is 4.33. The monoisotopic (exact) mass is 613 g/mol. The maximum atomic E-state index is 14.6. The van der Waals surface area contributed by atoms with Crippen LogP contribution in [0.1, 0.15) is 25.0 Å². The van der Waals surface area contributed by atoms with Crippen LogP contribution in [0.5, 0.6) is 5.75 Å². The van der Waals surface area contributed by atoms with E-state index in [0.717, 1.165) is 18.2 Å². The van der Waals surface area contributed by atoms with Crippen LogP contribution in [0, 0.1) is 5.82 Å². The van der Waals surface area contributed by atoms with E-state index < -0.39 is 35.3 Å². The minimum Gasteiger partial charge on any atom is -0.491 e. The molecule has 2 amide bonds. The maximum Gasteiger partial charge on any atom is 0.491 e. The molecule has 0 saturated heterocycles. The molecule has 5 N–H and O–H groups in total. The number of alkyl halides is 3. The lowest BCUT2D eigenvalue weighted by Gasteiger charge is -2.34. The lowest BCUT2D eigenvalue weighted by molar-refractivity contribution is -0.213. The van der Waals surface area contributed by atoms with E-state index in [1.54, 1.807) is 31.2 Å². The molecular formula is C30H27F4N5O5. The molecule has 3 aromatic carbocycles. The molecule has 0 saturated carbocycles. The van der Waals surface area contributed by atoms with Gasteiger partial charge in [0.2, 0.25) is 5.91 Å². The quantitative estimate of drug-likeness (QED) is 0.111. The lowest BCUT2D eigenvalue weighted by Crippen LogP contribution is -2.54. The van der Waals surface area contributed by atoms with Crippen molar-refractivity contribution in [3.63, 3.8) is 0 Å². The molecule has 1 unspecified atom stereocenters. The van der Waals surface area contributed by atoms with Gasteiger partial charge in [0.15, 0.2) is 11.6 Å². The largest absolute Gasteiger partial charge is 0.491 e. The number of amides is 2. The average molecular weight is 614 g/mol. The van der Waals surface area contributed by atoms with Gasteiger partial charge in [-0.3, -0.25) is 9.59 Å². The minimum absolute atomic E-state index is 0.0138. The van der Waals surface area contributed by atoms with Crippen LogP contribution in [-0.4, -0.2) is 35.6 Å². The average Bonchev–Trinajstić information content (AvgIpc) is 2.96. The minimum atomic E-state index is -5.51. The van der Waals surface area contributed by atoms with E-state index in [4.69, 9.17) is 15.2 Å². The van der Waals surface area contributed by atoms with E-state index in [1.807, 2.05) is 0 Å². The Bertz CT molecular complexity index is 1720. The van der Waals surface area contributed by atoms with Crippen molar-refractivity contribution in [1.29, 1.82) is 0 Å². The number of halogens is 4. The summed E-state index contributed by atoms with van der Waals surface area (Å²) in [5, 5.41) is 8.72. The van der Waals surface area contributed by atoms with Gasteiger partial charge in [-0.15, -0.1) is 0 Å². The molecule has 0 spiro atoms. The van der Waals surface area contributed by atoms with Crippen LogP contribution >= 0.6 is 0 Å². The number of rotatable bonds is 10. The summed E-state index contributed by atoms with van der Waals surface area (Å²) in [6.45, 7) is 2.58. The van der Waals surface area contributed by atoms with Crippen LogP contribution in [0.3, 0.4) is 0 Å². The summed E-state index contributed by atoms with van der Waals surface area (Å²) in [4.78, 5) is 41.8. The predicted molar refractivity (Wildman–Crippen MR) is 154 cm³/mol. The van der Waals surface area contributed by atoms with Gasteiger partial charge in [0.05, 0.1) is 6.61 Å². The lowest BCUT2D eigenvalue weighted by atomic mass is 9.99. The van der Waals surface area contributed by atoms with E-state index >= 15 is 0 Å². The van der Waals surface area contributed by atoms with Gasteiger partial charge in [0.1, 0.15) is 5.82 Å². The number of anilines is 3. The predicted octanol–water partition coefficient (Wildman–Crippen LogP) is 5.00. The van der Waals surface area contributed by atoms with Crippen LogP contribution in [-0.2, 0) is 31.4 Å². The Morgan fingerprint density at radius 1 is 0.977 bits per heavy atom. The van der Waals surface area contributed by atoms with Gasteiger partial charge in [-0.2, -0.15) is 13.2 Å². The van der Waals surface area contributed by atoms with Crippen molar-refractivity contribution < 1.29 is 41.4 Å². The third kappa shape index (κ3) is 7.14. The Labute approximate surface area is 248 Å². The second-order valence-corrected chi connectivity index (χ2v) is 9.47. The van der Waals surface area contributed by atoms with Gasteiger partial charge >= 0.3 is 12.1 Å². The zero-order valence-corrected chi connectivity index (χ0v) is 23.4. The number of hydrogen-bond acceptors (Lipinski definition) is 8. The first kappa shape index (κ1) is 31.5. The number of benzene rings is 3. The first-order valence-electron chi connectivity index (χ1n) is 13.1. The molecule has 0 aliphatic carbocycles. The Morgan fingerprint density at radius 2 is 1.75 bits per heavy atom. The summed E-state index contributed by atoms with van der Waals surface area (Å²) >= 11 is 0. The molecule has 10 nitrogen and oxygen atoms in total. The first-order chi connectivity index (χ1) is 20.8. The Balaban J connectivity index is 1.84. The van der Waals surface area contributed by atoms with Gasteiger partial charge in [-0.1, -0.05) is 12.1 Å². The normalized spacial score (nSPS) is 12.6. The fraction of sp³-hybridized carbons (Fsp3) is 0.200. The number of fused-ring (bicyclic) bond motifs is 1. The molecule has 0 bridgehead atoms. The first-order valence-corrected chi connectivity index (χ1v) is 13.1. The molecule has 1 heterocycles. The number of nitrogen functional groups attached to an aromatic ring is 1. The van der Waals surface area contributed by atoms with Gasteiger partial charge in [-0.05, 0) is 72.5 Å². The number of pyridine rings is 1. The smallest absolute Gasteiger partial charge is 0.491 e. The van der Waals surface area contributed by atoms with E-state index in [1.165, 1.54) is 37.4 Å². The standard InChI is InChI=1S/C30H27F4N5O5/c1-3-43-25-15-20(7-10-24(25)31)29(44-28(42)30(32,33)34,39-22-8-9-23-19(14-22)11-12-36-26(23)35)27(41)37-16-18-5-4-6-21(13-18)38-17(2)40/h4-15,39H,3,16H2,1-2H3,(H2,35,36)(H,37,41)(H,38,40). The third-order valence-corrected chi connectivity index (χ3v) is 6.25. The van der Waals surface area contributed by atoms with Crippen LogP contribution in [0.25, 0.3) is 10.8 Å². The van der Waals surface area contributed by atoms with Crippen molar-refractivity contribution in [1.82, 2.24) is 10.3 Å². The molecule has 4 rings (SSSR count). The second-order valence-electron chi connectivity index (χ2n) is 9.47. The van der Waals surface area contributed by atoms with Crippen molar-refractivity contribution >= 4 is 45.7 Å². The van der Waals surface area contributed by atoms with Gasteiger partial charge in [0.25, 0.3) is 11.6 Å². The summed E-state index contributed by atoms with van der Waals surface area (Å²) in [7, 11) is 0. The zero-order valence-electron chi connectivity index (χ0n) is 23.4. The van der Waals surface area contributed by atoms with Crippen molar-refractivity contribution in [3.05, 3.63) is 89.9 Å². The SMILES string of the molecule is CCOc1cc(C(Nc2ccc3c(N)nccc3c2)(OC(=O)C(F)(F)F)C(=O)NCc2cccc(NC(C)=O)c2)ccc1F. The molecule has 44 heavy (non-hydrogen) atoms. The highest BCUT2D eigenvalue weighted by molar-refractivity contribution is 5.96. The maximum absolute atomic E-state index is 14.6. The molecular weight excluding hydrogens is 586 g/mol. The summed E-state index contributed by atoms with van der Waals surface area (Å²) in [6.07, 6.45) is -4.10.